The van der Waals surface area contributed by atoms with Crippen molar-refractivity contribution in [1.82, 2.24) is 5.32 Å². The molecule has 0 heterocycles. The molecule has 0 unspecified atom stereocenters. The summed E-state index contributed by atoms with van der Waals surface area (Å²) in [5.74, 6) is -1.61. The number of nitrogens with zero attached hydrogens (tertiary/aromatic N) is 1. The number of guanidine groups is 1. The van der Waals surface area contributed by atoms with Gasteiger partial charge in [-0.05, 0) is 12.8 Å². The average molecular weight is 231 g/mol. The Balaban J connectivity index is 3.71. The lowest BCUT2D eigenvalue weighted by Crippen LogP contribution is -2.42. The zero-order valence-corrected chi connectivity index (χ0v) is 8.85. The Kier molecular flexibility index (Phi) is 6.61. The number of rotatable bonds is 7. The number of aliphatic imine (C=N–C) groups is 1. The van der Waals surface area contributed by atoms with Gasteiger partial charge in [-0.25, -0.2) is 0 Å². The Labute approximate surface area is 92.9 Å². The van der Waals surface area contributed by atoms with Gasteiger partial charge < -0.3 is 27.6 Å². The number of nitrogens with two attached hydrogens (primary N) is 3. The number of carboxylic acids is 1. The number of carbonyl (C=O) groups excluding carboxylic acids is 1. The standard InChI is InChI=1S/C8H17N5O3/c9-5(2-1-3-12-8(10)11)7(16)13-4-6(14)15/h5H,1-4,9H2,(H,13,16)(H,14,15)(H4,10,11,12)/t5-/m1/s1. The van der Waals surface area contributed by atoms with Crippen LogP contribution in [0.2, 0.25) is 0 Å². The highest BCUT2D eigenvalue weighted by molar-refractivity contribution is 5.84. The summed E-state index contributed by atoms with van der Waals surface area (Å²) in [5, 5.41) is 10.5. The van der Waals surface area contributed by atoms with Crippen molar-refractivity contribution in [3.63, 3.8) is 0 Å². The van der Waals surface area contributed by atoms with Gasteiger partial charge in [-0.1, -0.05) is 0 Å². The Bertz CT molecular complexity index is 275. The van der Waals surface area contributed by atoms with Crippen molar-refractivity contribution in [2.75, 3.05) is 13.1 Å². The van der Waals surface area contributed by atoms with Crippen LogP contribution in [-0.4, -0.2) is 42.1 Å². The molecule has 0 aliphatic rings. The first-order chi connectivity index (χ1) is 7.43. The summed E-state index contributed by atoms with van der Waals surface area (Å²) in [6, 6.07) is -0.742. The second kappa shape index (κ2) is 7.46. The molecule has 0 aliphatic heterocycles. The summed E-state index contributed by atoms with van der Waals surface area (Å²) in [6.45, 7) is -0.0390. The minimum Gasteiger partial charge on any atom is -0.480 e. The van der Waals surface area contributed by atoms with E-state index in [4.69, 9.17) is 22.3 Å². The monoisotopic (exact) mass is 231 g/mol. The van der Waals surface area contributed by atoms with Crippen LogP contribution < -0.4 is 22.5 Å². The number of hydrogen-bond donors (Lipinski definition) is 5. The molecule has 0 saturated carbocycles. The van der Waals surface area contributed by atoms with Gasteiger partial charge in [0.2, 0.25) is 5.91 Å². The van der Waals surface area contributed by atoms with Crippen LogP contribution in [0.4, 0.5) is 0 Å². The van der Waals surface area contributed by atoms with Crippen molar-refractivity contribution in [1.29, 1.82) is 0 Å². The summed E-state index contributed by atoms with van der Waals surface area (Å²) in [4.78, 5) is 25.1. The largest absolute Gasteiger partial charge is 0.480 e. The van der Waals surface area contributed by atoms with Crippen LogP contribution in [0.3, 0.4) is 0 Å². The van der Waals surface area contributed by atoms with Gasteiger partial charge in [0, 0.05) is 6.54 Å². The molecule has 0 saturated heterocycles. The van der Waals surface area contributed by atoms with E-state index in [0.29, 0.717) is 19.4 Å². The normalized spacial score (nSPS) is 11.6. The van der Waals surface area contributed by atoms with Gasteiger partial charge in [0.1, 0.15) is 6.54 Å². The molecule has 0 fully saturated rings. The number of carbonyl (C=O) groups is 2. The molecule has 1 atom stereocenters. The zero-order valence-electron chi connectivity index (χ0n) is 8.85. The van der Waals surface area contributed by atoms with E-state index in [1.54, 1.807) is 0 Å². The highest BCUT2D eigenvalue weighted by atomic mass is 16.4. The molecule has 8 N–H and O–H groups in total. The van der Waals surface area contributed by atoms with E-state index in [1.807, 2.05) is 0 Å². The van der Waals surface area contributed by atoms with Gasteiger partial charge in [0.05, 0.1) is 6.04 Å². The first kappa shape index (κ1) is 14.2. The van der Waals surface area contributed by atoms with Gasteiger partial charge in [-0.15, -0.1) is 0 Å². The maximum absolute atomic E-state index is 11.2. The lowest BCUT2D eigenvalue weighted by atomic mass is 10.1. The van der Waals surface area contributed by atoms with Crippen LogP contribution in [0.5, 0.6) is 0 Å². The molecule has 0 rings (SSSR count). The van der Waals surface area contributed by atoms with Crippen molar-refractivity contribution in [3.8, 4) is 0 Å². The Hall–Kier alpha value is -1.83. The fourth-order valence-electron chi connectivity index (χ4n) is 0.944. The second-order valence-electron chi connectivity index (χ2n) is 3.17. The molecule has 8 heteroatoms. The third kappa shape index (κ3) is 7.56. The van der Waals surface area contributed by atoms with Crippen molar-refractivity contribution in [3.05, 3.63) is 0 Å². The maximum atomic E-state index is 11.2. The van der Waals surface area contributed by atoms with E-state index in [1.165, 1.54) is 0 Å². The molecule has 0 aromatic heterocycles. The van der Waals surface area contributed by atoms with E-state index in [0.717, 1.165) is 0 Å². The topological polar surface area (TPSA) is 157 Å². The Morgan fingerprint density at radius 3 is 2.50 bits per heavy atom. The molecule has 0 spiro atoms. The van der Waals surface area contributed by atoms with Crippen molar-refractivity contribution >= 4 is 17.8 Å². The lowest BCUT2D eigenvalue weighted by Gasteiger charge is -2.09. The van der Waals surface area contributed by atoms with Crippen molar-refractivity contribution in [2.45, 2.75) is 18.9 Å². The molecule has 8 nitrogen and oxygen atoms in total. The fraction of sp³-hybridized carbons (Fsp3) is 0.625. The Morgan fingerprint density at radius 1 is 1.38 bits per heavy atom. The van der Waals surface area contributed by atoms with E-state index in [-0.39, 0.29) is 5.96 Å². The molecule has 92 valence electrons. The Morgan fingerprint density at radius 2 is 2.00 bits per heavy atom. The number of nitrogens with one attached hydrogen (secondary N) is 1. The highest BCUT2D eigenvalue weighted by Crippen LogP contribution is 1.95. The maximum Gasteiger partial charge on any atom is 0.322 e. The molecule has 0 aliphatic carbocycles. The quantitative estimate of drug-likeness (QED) is 0.186. The van der Waals surface area contributed by atoms with Crippen LogP contribution in [0.25, 0.3) is 0 Å². The van der Waals surface area contributed by atoms with Crippen molar-refractivity contribution in [2.24, 2.45) is 22.2 Å². The lowest BCUT2D eigenvalue weighted by molar-refractivity contribution is -0.138. The van der Waals surface area contributed by atoms with Crippen LogP contribution in [0.15, 0.2) is 4.99 Å². The zero-order chi connectivity index (χ0) is 12.6. The molecule has 0 aromatic rings. The molecule has 0 aromatic carbocycles. The third-order valence-electron chi connectivity index (χ3n) is 1.72. The van der Waals surface area contributed by atoms with Gasteiger partial charge in [-0.2, -0.15) is 0 Å². The molecule has 0 bridgehead atoms. The number of hydrogen-bond acceptors (Lipinski definition) is 4. The SMILES string of the molecule is NC(N)=NCCC[C@@H](N)C(=O)NCC(=O)O. The predicted molar refractivity (Wildman–Crippen MR) is 58.5 cm³/mol. The summed E-state index contributed by atoms with van der Waals surface area (Å²) >= 11 is 0. The van der Waals surface area contributed by atoms with E-state index >= 15 is 0 Å². The van der Waals surface area contributed by atoms with Gasteiger partial charge >= 0.3 is 5.97 Å². The first-order valence-corrected chi connectivity index (χ1v) is 4.74. The highest BCUT2D eigenvalue weighted by Gasteiger charge is 2.13. The number of amides is 1. The summed E-state index contributed by atoms with van der Waals surface area (Å²) in [5.41, 5.74) is 15.7. The van der Waals surface area contributed by atoms with Crippen LogP contribution in [-0.2, 0) is 9.59 Å². The van der Waals surface area contributed by atoms with Crippen LogP contribution in [0, 0.1) is 0 Å². The second-order valence-corrected chi connectivity index (χ2v) is 3.17. The minimum atomic E-state index is -1.11. The van der Waals surface area contributed by atoms with Gasteiger partial charge in [0.25, 0.3) is 0 Å². The molecular formula is C8H17N5O3. The average Bonchev–Trinajstić information content (AvgIpc) is 2.20. The molecular weight excluding hydrogens is 214 g/mol. The predicted octanol–water partition coefficient (Wildman–Crippen LogP) is -2.43. The summed E-state index contributed by atoms with van der Waals surface area (Å²) < 4.78 is 0. The fourth-order valence-corrected chi connectivity index (χ4v) is 0.944. The van der Waals surface area contributed by atoms with Crippen LogP contribution in [0.1, 0.15) is 12.8 Å². The summed E-state index contributed by atoms with van der Waals surface area (Å²) in [6.07, 6.45) is 0.946. The van der Waals surface area contributed by atoms with E-state index in [2.05, 4.69) is 10.3 Å². The van der Waals surface area contributed by atoms with E-state index in [9.17, 15) is 9.59 Å². The molecule has 0 radical (unpaired) electrons. The number of carboxylic acid groups (broad SMARTS) is 1. The van der Waals surface area contributed by atoms with Gasteiger partial charge in [-0.3, -0.25) is 14.6 Å². The third-order valence-corrected chi connectivity index (χ3v) is 1.72. The van der Waals surface area contributed by atoms with Gasteiger partial charge in [0.15, 0.2) is 5.96 Å². The molecule has 1 amide bonds. The number of aliphatic carboxylic acids is 1. The van der Waals surface area contributed by atoms with Crippen LogP contribution >= 0.6 is 0 Å². The smallest absolute Gasteiger partial charge is 0.322 e. The van der Waals surface area contributed by atoms with E-state index < -0.39 is 24.5 Å². The molecule has 16 heavy (non-hydrogen) atoms. The minimum absolute atomic E-state index is 0.0103. The summed E-state index contributed by atoms with van der Waals surface area (Å²) in [7, 11) is 0. The first-order valence-electron chi connectivity index (χ1n) is 4.74. The van der Waals surface area contributed by atoms with Crippen molar-refractivity contribution < 1.29 is 14.7 Å².